The fraction of sp³-hybridized carbons (Fsp3) is 0.0526. The molecule has 12 aromatic carbocycles. The first-order valence-electron chi connectivity index (χ1n) is 27.3. The smallest absolute Gasteiger partial charge is 0.136 e. The highest BCUT2D eigenvalue weighted by Crippen LogP contribution is 2.59. The molecule has 14 rings (SSSR count). The van der Waals surface area contributed by atoms with Crippen molar-refractivity contribution in [1.29, 1.82) is 0 Å². The highest BCUT2D eigenvalue weighted by Gasteiger charge is 2.38. The third-order valence-corrected chi connectivity index (χ3v) is 16.1. The minimum atomic E-state index is 0.111. The van der Waals surface area contributed by atoms with Gasteiger partial charge in [-0.05, 0) is 156 Å². The summed E-state index contributed by atoms with van der Waals surface area (Å²) in [5, 5.41) is 2.26. The molecule has 1 aliphatic rings. The van der Waals surface area contributed by atoms with Gasteiger partial charge in [-0.15, -0.1) is 0 Å². The quantitative estimate of drug-likeness (QED) is 0.128. The van der Waals surface area contributed by atoms with Gasteiger partial charge in [-0.3, -0.25) is 0 Å². The molecule has 78 heavy (non-hydrogen) atoms. The molecule has 1 aliphatic carbocycles. The van der Waals surface area contributed by atoms with Gasteiger partial charge in [-0.25, -0.2) is 0 Å². The minimum absolute atomic E-state index is 0.111. The number of fused-ring (bicyclic) bond motifs is 4. The molecule has 2 heteroatoms. The van der Waals surface area contributed by atoms with Crippen LogP contribution in [0.2, 0.25) is 0 Å². The number of rotatable bonds is 11. The summed E-state index contributed by atoms with van der Waals surface area (Å²) < 4.78 is 6.76. The Hall–Kier alpha value is -9.76. The van der Waals surface area contributed by atoms with E-state index in [4.69, 9.17) is 4.42 Å². The van der Waals surface area contributed by atoms with Gasteiger partial charge in [0, 0.05) is 39.7 Å². The van der Waals surface area contributed by atoms with Gasteiger partial charge in [0.25, 0.3) is 0 Å². The van der Waals surface area contributed by atoms with Crippen molar-refractivity contribution < 1.29 is 4.42 Å². The second-order valence-electron chi connectivity index (χ2n) is 20.6. The number of benzene rings is 12. The Morgan fingerprint density at radius 2 is 0.577 bits per heavy atom. The zero-order valence-corrected chi connectivity index (χ0v) is 43.2. The van der Waals surface area contributed by atoms with E-state index in [2.05, 4.69) is 302 Å². The van der Waals surface area contributed by atoms with E-state index in [0.717, 1.165) is 57.4 Å². The summed E-state index contributed by atoms with van der Waals surface area (Å²) in [6, 6.07) is 109. The van der Waals surface area contributed by atoms with Gasteiger partial charge in [0.05, 0.1) is 0 Å². The fourth-order valence-corrected chi connectivity index (χ4v) is 12.5. The van der Waals surface area contributed by atoms with Crippen LogP contribution < -0.4 is 4.90 Å². The Kier molecular flexibility index (Phi) is 12.2. The molecule has 0 radical (unpaired) electrons. The van der Waals surface area contributed by atoms with Crippen LogP contribution in [0.25, 0.3) is 88.7 Å². The van der Waals surface area contributed by atoms with E-state index in [0.29, 0.717) is 0 Å². The summed E-state index contributed by atoms with van der Waals surface area (Å²) in [7, 11) is 0. The molecule has 0 N–H and O–H groups in total. The van der Waals surface area contributed by atoms with Crippen molar-refractivity contribution in [2.24, 2.45) is 0 Å². The molecule has 2 unspecified atom stereocenters. The molecule has 0 fully saturated rings. The van der Waals surface area contributed by atoms with Crippen LogP contribution in [0.5, 0.6) is 0 Å². The van der Waals surface area contributed by atoms with Crippen molar-refractivity contribution in [3.05, 3.63) is 320 Å². The van der Waals surface area contributed by atoms with Gasteiger partial charge in [-0.2, -0.15) is 0 Å². The van der Waals surface area contributed by atoms with Crippen LogP contribution in [0.1, 0.15) is 46.9 Å². The first-order valence-corrected chi connectivity index (χ1v) is 27.3. The van der Waals surface area contributed by atoms with Gasteiger partial charge in [-0.1, -0.05) is 243 Å². The number of nitrogens with zero attached hydrogens (tertiary/aromatic N) is 1. The molecule has 1 heterocycles. The molecule has 0 saturated heterocycles. The van der Waals surface area contributed by atoms with Gasteiger partial charge in [0.15, 0.2) is 0 Å². The van der Waals surface area contributed by atoms with E-state index < -0.39 is 0 Å². The topological polar surface area (TPSA) is 16.4 Å². The second-order valence-corrected chi connectivity index (χ2v) is 20.6. The average molecular weight is 998 g/mol. The van der Waals surface area contributed by atoms with E-state index in [1.54, 1.807) is 0 Å². The summed E-state index contributed by atoms with van der Waals surface area (Å²) in [6.45, 7) is 0. The van der Waals surface area contributed by atoms with E-state index in [9.17, 15) is 0 Å². The number of hydrogen-bond acceptors (Lipinski definition) is 2. The van der Waals surface area contributed by atoms with Gasteiger partial charge >= 0.3 is 0 Å². The first kappa shape index (κ1) is 46.7. The molecule has 0 bridgehead atoms. The second kappa shape index (κ2) is 20.4. The minimum Gasteiger partial charge on any atom is -0.456 e. The Labute approximate surface area is 456 Å². The molecule has 370 valence electrons. The molecule has 0 saturated carbocycles. The highest BCUT2D eigenvalue weighted by molar-refractivity contribution is 6.09. The molecular weight excluding hydrogens is 943 g/mol. The predicted octanol–water partition coefficient (Wildman–Crippen LogP) is 21.1. The predicted molar refractivity (Wildman–Crippen MR) is 327 cm³/mol. The lowest BCUT2D eigenvalue weighted by Crippen LogP contribution is -2.20. The number of furan rings is 1. The zero-order valence-electron chi connectivity index (χ0n) is 43.2. The maximum Gasteiger partial charge on any atom is 0.136 e. The van der Waals surface area contributed by atoms with Crippen molar-refractivity contribution in [2.45, 2.75) is 24.7 Å². The monoisotopic (exact) mass is 997 g/mol. The lowest BCUT2D eigenvalue weighted by atomic mass is 9.64. The molecule has 2 atom stereocenters. The highest BCUT2D eigenvalue weighted by atomic mass is 16.3. The molecule has 2 nitrogen and oxygen atoms in total. The van der Waals surface area contributed by atoms with E-state index in [-0.39, 0.29) is 11.8 Å². The van der Waals surface area contributed by atoms with Gasteiger partial charge in [0.1, 0.15) is 11.2 Å². The summed E-state index contributed by atoms with van der Waals surface area (Å²) in [5.41, 5.74) is 24.9. The van der Waals surface area contributed by atoms with Crippen LogP contribution in [0, 0.1) is 0 Å². The third-order valence-electron chi connectivity index (χ3n) is 16.1. The van der Waals surface area contributed by atoms with Crippen molar-refractivity contribution >= 4 is 39.0 Å². The maximum absolute atomic E-state index is 6.76. The van der Waals surface area contributed by atoms with Crippen molar-refractivity contribution in [3.8, 4) is 66.8 Å². The molecule has 1 aromatic heterocycles. The largest absolute Gasteiger partial charge is 0.456 e. The van der Waals surface area contributed by atoms with Crippen molar-refractivity contribution in [1.82, 2.24) is 0 Å². The summed E-state index contributed by atoms with van der Waals surface area (Å²) >= 11 is 0. The zero-order chi connectivity index (χ0) is 51.8. The van der Waals surface area contributed by atoms with Crippen LogP contribution in [0.15, 0.2) is 302 Å². The summed E-state index contributed by atoms with van der Waals surface area (Å²) in [5.74, 6) is 0.223. The Morgan fingerprint density at radius 3 is 1.03 bits per heavy atom. The maximum atomic E-state index is 6.76. The molecule has 13 aromatic rings. The van der Waals surface area contributed by atoms with Crippen molar-refractivity contribution in [3.63, 3.8) is 0 Å². The van der Waals surface area contributed by atoms with Crippen LogP contribution >= 0.6 is 0 Å². The third kappa shape index (κ3) is 8.58. The number of anilines is 3. The lowest BCUT2D eigenvalue weighted by molar-refractivity contribution is 0.568. The molecule has 0 aliphatic heterocycles. The van der Waals surface area contributed by atoms with Gasteiger partial charge in [0.2, 0.25) is 0 Å². The normalized spacial score (nSPS) is 14.1. The Balaban J connectivity index is 1.05. The van der Waals surface area contributed by atoms with Crippen LogP contribution in [-0.2, 0) is 0 Å². The van der Waals surface area contributed by atoms with Crippen molar-refractivity contribution in [2.75, 3.05) is 4.90 Å². The van der Waals surface area contributed by atoms with E-state index >= 15 is 0 Å². The molecular formula is C76H55NO. The fourth-order valence-electron chi connectivity index (χ4n) is 12.5. The Morgan fingerprint density at radius 1 is 0.256 bits per heavy atom. The van der Waals surface area contributed by atoms with Crippen LogP contribution in [0.3, 0.4) is 0 Å². The number of hydrogen-bond donors (Lipinski definition) is 0. The van der Waals surface area contributed by atoms with E-state index in [1.807, 2.05) is 0 Å². The summed E-state index contributed by atoms with van der Waals surface area (Å²) in [6.07, 6.45) is 1.99. The number of para-hydroxylation sites is 1. The summed E-state index contributed by atoms with van der Waals surface area (Å²) in [4.78, 5) is 2.39. The van der Waals surface area contributed by atoms with Crippen LogP contribution in [0.4, 0.5) is 17.1 Å². The Bertz CT molecular complexity index is 4110. The van der Waals surface area contributed by atoms with Gasteiger partial charge < -0.3 is 9.32 Å². The van der Waals surface area contributed by atoms with Crippen LogP contribution in [-0.4, -0.2) is 0 Å². The average Bonchev–Trinajstić information content (AvgIpc) is 3.98. The SMILES string of the molecule is c1ccc(-c2ccc(N(c3ccc(-c4ccccc4)cc3)c3ccc(-c4c(-c5ccccc5)c(-c5ccccc5)c(-c5ccc6c(c5)oc5ccccc56)c5c4C(c4ccccc4)CCC5c4ccccc4)cc3)cc2)cc1. The lowest BCUT2D eigenvalue weighted by Gasteiger charge is -2.39. The standard InChI is InChI=1S/C76H55NO/c1-7-21-52(22-8-1)54-35-42-62(43-36-54)77(63-44-37-55(38-45-63)53-23-9-2-10-24-53)64-46-39-60(40-47-64)73-71(58-29-15-5-16-30-58)72(59-31-17-6-18-32-59)74(61-41-48-68-67-33-19-20-34-69(67)78-70(68)51-61)76-66(57-27-13-4-14-28-57)50-49-65(75(73)76)56-25-11-3-12-26-56/h1-48,51,65-66H,49-50H2. The molecule has 0 spiro atoms. The molecule has 0 amide bonds. The van der Waals surface area contributed by atoms with E-state index in [1.165, 1.54) is 83.5 Å². The first-order chi connectivity index (χ1) is 38.7.